The van der Waals surface area contributed by atoms with Gasteiger partial charge in [0.25, 0.3) is 5.91 Å². The van der Waals surface area contributed by atoms with E-state index >= 15 is 0 Å². The molecule has 0 spiro atoms. The highest BCUT2D eigenvalue weighted by Crippen LogP contribution is 2.22. The molecule has 2 amide bonds. The van der Waals surface area contributed by atoms with E-state index in [1.54, 1.807) is 12.1 Å². The van der Waals surface area contributed by atoms with Gasteiger partial charge < -0.3 is 15.0 Å². The summed E-state index contributed by atoms with van der Waals surface area (Å²) >= 11 is 4.52. The minimum atomic E-state index is -0.557. The molecule has 0 aliphatic heterocycles. The number of rotatable bonds is 8. The number of nitrogens with zero attached hydrogens (tertiary/aromatic N) is 1. The van der Waals surface area contributed by atoms with Gasteiger partial charge in [-0.3, -0.25) is 9.59 Å². The van der Waals surface area contributed by atoms with Gasteiger partial charge in [0.2, 0.25) is 5.91 Å². The summed E-state index contributed by atoms with van der Waals surface area (Å²) in [6.07, 6.45) is 0.675. The Kier molecular flexibility index (Phi) is 8.40. The molecule has 2 rings (SSSR count). The van der Waals surface area contributed by atoms with E-state index in [9.17, 15) is 14.4 Å². The van der Waals surface area contributed by atoms with E-state index in [4.69, 9.17) is 4.74 Å². The van der Waals surface area contributed by atoms with Gasteiger partial charge in [0.1, 0.15) is 11.4 Å². The van der Waals surface area contributed by atoms with Gasteiger partial charge in [-0.1, -0.05) is 19.1 Å². The number of thiophene rings is 1. The third kappa shape index (κ3) is 6.40. The van der Waals surface area contributed by atoms with Crippen molar-refractivity contribution < 1.29 is 19.1 Å². The fourth-order valence-electron chi connectivity index (χ4n) is 2.65. The molecule has 0 saturated heterocycles. The van der Waals surface area contributed by atoms with Crippen LogP contribution < -0.4 is 5.32 Å². The summed E-state index contributed by atoms with van der Waals surface area (Å²) in [4.78, 5) is 39.1. The zero-order valence-electron chi connectivity index (χ0n) is 17.0. The van der Waals surface area contributed by atoms with Gasteiger partial charge in [0.05, 0.1) is 3.79 Å². The van der Waals surface area contributed by atoms with E-state index in [-0.39, 0.29) is 18.5 Å². The van der Waals surface area contributed by atoms with Crippen molar-refractivity contribution >= 4 is 50.7 Å². The Morgan fingerprint density at radius 3 is 2.55 bits per heavy atom. The van der Waals surface area contributed by atoms with Gasteiger partial charge in [-0.2, -0.15) is 0 Å². The van der Waals surface area contributed by atoms with Gasteiger partial charge in [-0.25, -0.2) is 4.79 Å². The van der Waals surface area contributed by atoms with Crippen LogP contribution in [0.1, 0.15) is 41.1 Å². The number of anilines is 1. The van der Waals surface area contributed by atoms with Crippen molar-refractivity contribution in [2.24, 2.45) is 0 Å². The highest BCUT2D eigenvalue weighted by Gasteiger charge is 2.24. The van der Waals surface area contributed by atoms with Crippen molar-refractivity contribution in [2.45, 2.75) is 40.2 Å². The molecular weight excluding hydrogens is 456 g/mol. The lowest BCUT2D eigenvalue weighted by Gasteiger charge is -2.28. The SMILES string of the molecule is CC[C@@H](C)N(CC(=O)Nc1cccc(C)c1C)C(=O)COC(=O)c1ccc(Br)s1. The van der Waals surface area contributed by atoms with Crippen LogP contribution in [0.15, 0.2) is 34.1 Å². The fraction of sp³-hybridized carbons (Fsp3) is 0.381. The molecule has 8 heteroatoms. The van der Waals surface area contributed by atoms with Crippen molar-refractivity contribution in [2.75, 3.05) is 18.5 Å². The number of hydrogen-bond donors (Lipinski definition) is 1. The van der Waals surface area contributed by atoms with E-state index in [2.05, 4.69) is 21.2 Å². The average Bonchev–Trinajstić information content (AvgIpc) is 3.13. The molecule has 1 heterocycles. The molecule has 0 unspecified atom stereocenters. The van der Waals surface area contributed by atoms with E-state index in [1.165, 1.54) is 16.2 Å². The van der Waals surface area contributed by atoms with Crippen molar-refractivity contribution in [3.63, 3.8) is 0 Å². The maximum Gasteiger partial charge on any atom is 0.348 e. The third-order valence-corrected chi connectivity index (χ3v) is 6.34. The molecule has 2 aromatic rings. The van der Waals surface area contributed by atoms with Crippen LogP contribution >= 0.6 is 27.3 Å². The summed E-state index contributed by atoms with van der Waals surface area (Å²) in [5.74, 6) is -1.25. The van der Waals surface area contributed by atoms with E-state index in [0.717, 1.165) is 20.6 Å². The summed E-state index contributed by atoms with van der Waals surface area (Å²) in [6, 6.07) is 8.88. The topological polar surface area (TPSA) is 75.7 Å². The highest BCUT2D eigenvalue weighted by molar-refractivity contribution is 9.11. The number of esters is 1. The Balaban J connectivity index is 2.00. The van der Waals surface area contributed by atoms with E-state index in [0.29, 0.717) is 11.3 Å². The number of carbonyl (C=O) groups excluding carboxylic acids is 3. The van der Waals surface area contributed by atoms with Crippen molar-refractivity contribution in [3.05, 3.63) is 50.1 Å². The van der Waals surface area contributed by atoms with Crippen molar-refractivity contribution in [3.8, 4) is 0 Å². The zero-order chi connectivity index (χ0) is 21.6. The molecule has 29 heavy (non-hydrogen) atoms. The smallest absolute Gasteiger partial charge is 0.348 e. The van der Waals surface area contributed by atoms with Crippen LogP contribution in [0.4, 0.5) is 5.69 Å². The van der Waals surface area contributed by atoms with E-state index < -0.39 is 18.5 Å². The minimum Gasteiger partial charge on any atom is -0.451 e. The van der Waals surface area contributed by atoms with Gasteiger partial charge >= 0.3 is 5.97 Å². The van der Waals surface area contributed by atoms with Crippen LogP contribution in [0.2, 0.25) is 0 Å². The quantitative estimate of drug-likeness (QED) is 0.562. The second-order valence-corrected chi connectivity index (χ2v) is 9.22. The summed E-state index contributed by atoms with van der Waals surface area (Å²) in [5.41, 5.74) is 2.78. The summed E-state index contributed by atoms with van der Waals surface area (Å²) < 4.78 is 5.95. The lowest BCUT2D eigenvalue weighted by atomic mass is 10.1. The predicted molar refractivity (Wildman–Crippen MR) is 118 cm³/mol. The molecule has 1 aromatic carbocycles. The maximum absolute atomic E-state index is 12.7. The number of nitrogens with one attached hydrogen (secondary N) is 1. The number of carbonyl (C=O) groups is 3. The predicted octanol–water partition coefficient (Wildman–Crippen LogP) is 4.55. The standard InChI is InChI=1S/C21H25BrN2O4S/c1-5-14(3)24(11-19(25)23-16-8-6-7-13(2)15(16)4)20(26)12-28-21(27)17-9-10-18(22)29-17/h6-10,14H,5,11-12H2,1-4H3,(H,23,25)/t14-/m1/s1. The van der Waals surface area contributed by atoms with Gasteiger partial charge in [-0.15, -0.1) is 11.3 Å². The second-order valence-electron chi connectivity index (χ2n) is 6.75. The number of ether oxygens (including phenoxy) is 1. The molecule has 0 bridgehead atoms. The Morgan fingerprint density at radius 1 is 1.21 bits per heavy atom. The molecular formula is C21H25BrN2O4S. The maximum atomic E-state index is 12.7. The average molecular weight is 481 g/mol. The Morgan fingerprint density at radius 2 is 1.93 bits per heavy atom. The minimum absolute atomic E-state index is 0.108. The largest absolute Gasteiger partial charge is 0.451 e. The molecule has 6 nitrogen and oxygen atoms in total. The summed E-state index contributed by atoms with van der Waals surface area (Å²) in [6.45, 7) is 7.19. The van der Waals surface area contributed by atoms with Crippen LogP contribution in [-0.4, -0.2) is 41.9 Å². The van der Waals surface area contributed by atoms with Crippen LogP contribution in [0.5, 0.6) is 0 Å². The Labute approximate surface area is 183 Å². The zero-order valence-corrected chi connectivity index (χ0v) is 19.4. The van der Waals surface area contributed by atoms with Crippen LogP contribution in [-0.2, 0) is 14.3 Å². The first-order chi connectivity index (χ1) is 13.7. The Hall–Kier alpha value is -2.19. The number of aryl methyl sites for hydroxylation is 1. The van der Waals surface area contributed by atoms with Gasteiger partial charge in [0.15, 0.2) is 6.61 Å². The lowest BCUT2D eigenvalue weighted by molar-refractivity contribution is -0.139. The first-order valence-electron chi connectivity index (χ1n) is 9.30. The van der Waals surface area contributed by atoms with Gasteiger partial charge in [0, 0.05) is 11.7 Å². The first kappa shape index (κ1) is 23.1. The molecule has 1 aromatic heterocycles. The number of halogens is 1. The monoisotopic (exact) mass is 480 g/mol. The number of amides is 2. The molecule has 0 radical (unpaired) electrons. The number of hydrogen-bond acceptors (Lipinski definition) is 5. The van der Waals surface area contributed by atoms with Crippen LogP contribution in [0.3, 0.4) is 0 Å². The normalized spacial score (nSPS) is 11.6. The molecule has 0 saturated carbocycles. The first-order valence-corrected chi connectivity index (χ1v) is 10.9. The molecule has 0 aliphatic rings. The summed E-state index contributed by atoms with van der Waals surface area (Å²) in [7, 11) is 0. The fourth-order valence-corrected chi connectivity index (χ4v) is 3.93. The summed E-state index contributed by atoms with van der Waals surface area (Å²) in [5, 5.41) is 2.86. The highest BCUT2D eigenvalue weighted by atomic mass is 79.9. The van der Waals surface area contributed by atoms with Gasteiger partial charge in [-0.05, 0) is 72.4 Å². The Bertz CT molecular complexity index is 897. The molecule has 1 atom stereocenters. The van der Waals surface area contributed by atoms with Crippen molar-refractivity contribution in [1.29, 1.82) is 0 Å². The van der Waals surface area contributed by atoms with E-state index in [1.807, 2.05) is 45.9 Å². The third-order valence-electron chi connectivity index (χ3n) is 4.74. The van der Waals surface area contributed by atoms with Crippen molar-refractivity contribution in [1.82, 2.24) is 4.90 Å². The lowest BCUT2D eigenvalue weighted by Crippen LogP contribution is -2.45. The molecule has 0 fully saturated rings. The molecule has 156 valence electrons. The second kappa shape index (κ2) is 10.5. The number of benzene rings is 1. The molecule has 1 N–H and O–H groups in total. The van der Waals surface area contributed by atoms with Crippen LogP contribution in [0, 0.1) is 13.8 Å². The van der Waals surface area contributed by atoms with Crippen LogP contribution in [0.25, 0.3) is 0 Å². The molecule has 0 aliphatic carbocycles.